The molecule has 0 bridgehead atoms. The molecule has 120 valence electrons. The number of para-hydroxylation sites is 1. The lowest BCUT2D eigenvalue weighted by Gasteiger charge is -2.17. The second-order valence-corrected chi connectivity index (χ2v) is 5.69. The number of thiocarbonyl (C=S) groups is 1. The summed E-state index contributed by atoms with van der Waals surface area (Å²) < 4.78 is 38.6. The van der Waals surface area contributed by atoms with Crippen LogP contribution in [0, 0.1) is 5.92 Å². The van der Waals surface area contributed by atoms with E-state index in [0.29, 0.717) is 5.92 Å². The number of anilines is 1. The smallest absolute Gasteiger partial charge is 0.331 e. The van der Waals surface area contributed by atoms with Crippen LogP contribution in [0.2, 0.25) is 0 Å². The highest BCUT2D eigenvalue weighted by Crippen LogP contribution is 2.34. The number of nitrogens with zero attached hydrogens (tertiary/aromatic N) is 1. The van der Waals surface area contributed by atoms with Crippen LogP contribution in [-0.4, -0.2) is 11.3 Å². The predicted octanol–water partition coefficient (Wildman–Crippen LogP) is 4.56. The van der Waals surface area contributed by atoms with Crippen LogP contribution in [0.1, 0.15) is 37.7 Å². The summed E-state index contributed by atoms with van der Waals surface area (Å²) in [5.41, 5.74) is 1.74. The van der Waals surface area contributed by atoms with E-state index in [9.17, 15) is 13.2 Å². The second kappa shape index (κ2) is 7.58. The molecule has 0 aromatic heterocycles. The minimum Gasteiger partial charge on any atom is -0.331 e. The molecule has 3 nitrogen and oxygen atoms in total. The first-order valence-corrected chi connectivity index (χ1v) is 7.64. The Morgan fingerprint density at radius 2 is 1.86 bits per heavy atom. The van der Waals surface area contributed by atoms with Crippen LogP contribution >= 0.6 is 12.2 Å². The minimum absolute atomic E-state index is 0.0451. The van der Waals surface area contributed by atoms with Crippen molar-refractivity contribution in [2.24, 2.45) is 11.0 Å². The lowest BCUT2D eigenvalue weighted by molar-refractivity contribution is -0.136. The van der Waals surface area contributed by atoms with Gasteiger partial charge in [-0.2, -0.15) is 18.3 Å². The molecule has 7 heteroatoms. The monoisotopic (exact) mass is 329 g/mol. The van der Waals surface area contributed by atoms with Crippen LogP contribution in [0.4, 0.5) is 18.9 Å². The van der Waals surface area contributed by atoms with Gasteiger partial charge >= 0.3 is 6.18 Å². The van der Waals surface area contributed by atoms with Gasteiger partial charge in [-0.25, -0.2) is 0 Å². The molecule has 1 saturated carbocycles. The maximum Gasteiger partial charge on any atom is 0.418 e. The predicted molar refractivity (Wildman–Crippen MR) is 85.9 cm³/mol. The van der Waals surface area contributed by atoms with Crippen LogP contribution < -0.4 is 10.7 Å². The number of nitrogens with one attached hydrogen (secondary N) is 2. The van der Waals surface area contributed by atoms with Gasteiger partial charge in [0, 0.05) is 6.21 Å². The summed E-state index contributed by atoms with van der Waals surface area (Å²) in [6, 6.07) is 5.20. The van der Waals surface area contributed by atoms with E-state index >= 15 is 0 Å². The molecule has 0 unspecified atom stereocenters. The molecule has 0 atom stereocenters. The van der Waals surface area contributed by atoms with Crippen LogP contribution in [0.25, 0.3) is 0 Å². The Labute approximate surface area is 133 Å². The van der Waals surface area contributed by atoms with Crippen molar-refractivity contribution >= 4 is 29.2 Å². The number of rotatable bonds is 3. The van der Waals surface area contributed by atoms with Crippen molar-refractivity contribution in [3.05, 3.63) is 29.8 Å². The summed E-state index contributed by atoms with van der Waals surface area (Å²) in [5, 5.41) is 6.61. The fourth-order valence-electron chi connectivity index (χ4n) is 2.47. The van der Waals surface area contributed by atoms with E-state index in [-0.39, 0.29) is 10.8 Å². The van der Waals surface area contributed by atoms with Crippen LogP contribution in [-0.2, 0) is 6.18 Å². The third-order valence-corrected chi connectivity index (χ3v) is 3.78. The van der Waals surface area contributed by atoms with E-state index in [4.69, 9.17) is 12.2 Å². The van der Waals surface area contributed by atoms with Gasteiger partial charge in [0.25, 0.3) is 0 Å². The van der Waals surface area contributed by atoms with Crippen LogP contribution in [0.15, 0.2) is 29.4 Å². The Morgan fingerprint density at radius 1 is 1.18 bits per heavy atom. The Hall–Kier alpha value is -1.63. The third-order valence-electron chi connectivity index (χ3n) is 3.58. The average Bonchev–Trinajstić information content (AvgIpc) is 2.48. The van der Waals surface area contributed by atoms with Gasteiger partial charge in [-0.15, -0.1) is 0 Å². The van der Waals surface area contributed by atoms with E-state index in [2.05, 4.69) is 15.8 Å². The van der Waals surface area contributed by atoms with Crippen molar-refractivity contribution in [3.63, 3.8) is 0 Å². The molecule has 1 fully saturated rings. The summed E-state index contributed by atoms with van der Waals surface area (Å²) in [4.78, 5) is 0. The number of hydrogen-bond donors (Lipinski definition) is 2. The van der Waals surface area contributed by atoms with Crippen molar-refractivity contribution in [2.75, 3.05) is 5.32 Å². The van der Waals surface area contributed by atoms with Crippen molar-refractivity contribution < 1.29 is 13.2 Å². The molecule has 2 N–H and O–H groups in total. The van der Waals surface area contributed by atoms with Crippen LogP contribution in [0.3, 0.4) is 0 Å². The lowest BCUT2D eigenvalue weighted by Crippen LogP contribution is -2.26. The van der Waals surface area contributed by atoms with Crippen molar-refractivity contribution in [3.8, 4) is 0 Å². The summed E-state index contributed by atoms with van der Waals surface area (Å²) in [6.45, 7) is 0. The zero-order valence-electron chi connectivity index (χ0n) is 12.0. The summed E-state index contributed by atoms with van der Waals surface area (Å²) in [5.74, 6) is 0.423. The average molecular weight is 329 g/mol. The van der Waals surface area contributed by atoms with E-state index in [1.807, 2.05) is 0 Å². The van der Waals surface area contributed by atoms with Gasteiger partial charge in [0.15, 0.2) is 5.11 Å². The normalized spacial score (nSPS) is 16.7. The van der Waals surface area contributed by atoms with E-state index < -0.39 is 11.7 Å². The maximum atomic E-state index is 12.9. The highest BCUT2D eigenvalue weighted by atomic mass is 32.1. The highest BCUT2D eigenvalue weighted by Gasteiger charge is 2.33. The molecule has 2 rings (SSSR count). The first-order valence-electron chi connectivity index (χ1n) is 7.23. The van der Waals surface area contributed by atoms with Gasteiger partial charge < -0.3 is 5.32 Å². The third kappa shape index (κ3) is 4.98. The number of alkyl halides is 3. The summed E-state index contributed by atoms with van der Waals surface area (Å²) in [7, 11) is 0. The zero-order chi connectivity index (χ0) is 16.0. The quantitative estimate of drug-likeness (QED) is 0.485. The van der Waals surface area contributed by atoms with Gasteiger partial charge in [-0.05, 0) is 43.1 Å². The maximum absolute atomic E-state index is 12.9. The van der Waals surface area contributed by atoms with Crippen molar-refractivity contribution in [1.82, 2.24) is 5.43 Å². The molecule has 0 aliphatic heterocycles. The molecule has 1 aromatic rings. The summed E-state index contributed by atoms with van der Waals surface area (Å²) >= 11 is 4.98. The zero-order valence-corrected chi connectivity index (χ0v) is 12.8. The SMILES string of the molecule is FC(F)(F)c1ccccc1NC(=S)N/N=C\C1CCCCC1. The van der Waals surface area contributed by atoms with Crippen molar-refractivity contribution in [1.29, 1.82) is 0 Å². The molecular weight excluding hydrogens is 311 g/mol. The molecular formula is C15H18F3N3S. The van der Waals surface area contributed by atoms with Gasteiger partial charge in [0.2, 0.25) is 0 Å². The Kier molecular flexibility index (Phi) is 5.76. The first-order chi connectivity index (χ1) is 10.5. The van der Waals surface area contributed by atoms with E-state index in [1.165, 1.54) is 37.5 Å². The molecule has 1 aliphatic carbocycles. The molecule has 0 spiro atoms. The molecule has 0 saturated heterocycles. The Morgan fingerprint density at radius 3 is 2.55 bits per heavy atom. The fourth-order valence-corrected chi connectivity index (χ4v) is 2.64. The standard InChI is InChI=1S/C15H18F3N3S/c16-15(17,18)12-8-4-5-9-13(12)20-14(22)21-19-10-11-6-2-1-3-7-11/h4-5,8-11H,1-3,6-7H2,(H2,20,21,22)/b19-10-. The number of halogens is 3. The number of benzene rings is 1. The van der Waals surface area contributed by atoms with E-state index in [0.717, 1.165) is 18.9 Å². The second-order valence-electron chi connectivity index (χ2n) is 5.29. The highest BCUT2D eigenvalue weighted by molar-refractivity contribution is 7.80. The lowest BCUT2D eigenvalue weighted by atomic mass is 9.90. The van der Waals surface area contributed by atoms with Gasteiger partial charge in [0.1, 0.15) is 0 Å². The molecule has 0 amide bonds. The van der Waals surface area contributed by atoms with E-state index in [1.54, 1.807) is 6.21 Å². The van der Waals surface area contributed by atoms with Crippen LogP contribution in [0.5, 0.6) is 0 Å². The molecule has 1 aliphatic rings. The Bertz CT molecular complexity index is 537. The summed E-state index contributed by atoms with van der Waals surface area (Å²) in [6.07, 6.45) is 3.21. The van der Waals surface area contributed by atoms with Crippen molar-refractivity contribution in [2.45, 2.75) is 38.3 Å². The molecule has 22 heavy (non-hydrogen) atoms. The van der Waals surface area contributed by atoms with Gasteiger partial charge in [-0.1, -0.05) is 31.4 Å². The molecule has 0 radical (unpaired) electrons. The minimum atomic E-state index is -4.43. The number of hydrogen-bond acceptors (Lipinski definition) is 2. The van der Waals surface area contributed by atoms with Gasteiger partial charge in [-0.3, -0.25) is 5.43 Å². The Balaban J connectivity index is 1.91. The number of hydrazone groups is 1. The first kappa shape index (κ1) is 16.7. The largest absolute Gasteiger partial charge is 0.418 e. The molecule has 0 heterocycles. The topological polar surface area (TPSA) is 36.4 Å². The molecule has 1 aromatic carbocycles. The van der Waals surface area contributed by atoms with Gasteiger partial charge in [0.05, 0.1) is 11.3 Å². The fraction of sp³-hybridized carbons (Fsp3) is 0.467.